The van der Waals surface area contributed by atoms with E-state index in [1.165, 1.54) is 0 Å². The Morgan fingerprint density at radius 3 is 2.50 bits per heavy atom. The lowest BCUT2D eigenvalue weighted by Gasteiger charge is -2.26. The van der Waals surface area contributed by atoms with Crippen LogP contribution in [0.5, 0.6) is 0 Å². The molecule has 1 aliphatic rings. The Balaban J connectivity index is 1.40. The van der Waals surface area contributed by atoms with Gasteiger partial charge in [-0.2, -0.15) is 0 Å². The summed E-state index contributed by atoms with van der Waals surface area (Å²) in [5.74, 6) is -0.0834. The fourth-order valence-electron chi connectivity index (χ4n) is 3.51. The summed E-state index contributed by atoms with van der Waals surface area (Å²) in [6, 6.07) is 15.3. The monoisotopic (exact) mass is 377 g/mol. The van der Waals surface area contributed by atoms with E-state index in [1.807, 2.05) is 66.3 Å². The second-order valence-electron chi connectivity index (χ2n) is 6.96. The highest BCUT2D eigenvalue weighted by Gasteiger charge is 2.18. The van der Waals surface area contributed by atoms with Crippen LogP contribution in [0.3, 0.4) is 0 Å². The second-order valence-corrected chi connectivity index (χ2v) is 6.96. The maximum atomic E-state index is 12.6. The molecule has 6 nitrogen and oxygen atoms in total. The van der Waals surface area contributed by atoms with Crippen molar-refractivity contribution in [3.8, 4) is 0 Å². The average Bonchev–Trinajstić information content (AvgIpc) is 3.09. The second kappa shape index (κ2) is 7.86. The largest absolute Gasteiger partial charge is 0.378 e. The van der Waals surface area contributed by atoms with Crippen molar-refractivity contribution in [3.05, 3.63) is 71.4 Å². The van der Waals surface area contributed by atoms with Gasteiger partial charge in [-0.3, -0.25) is 9.59 Å². The predicted octanol–water partition coefficient (Wildman–Crippen LogP) is 2.58. The van der Waals surface area contributed by atoms with Crippen LogP contribution in [0.15, 0.2) is 54.7 Å². The van der Waals surface area contributed by atoms with Gasteiger partial charge in [0.2, 0.25) is 0 Å². The number of amides is 2. The maximum absolute atomic E-state index is 12.6. The highest BCUT2D eigenvalue weighted by molar-refractivity contribution is 6.06. The topological polar surface area (TPSA) is 63.6 Å². The van der Waals surface area contributed by atoms with E-state index in [9.17, 15) is 9.59 Å². The summed E-state index contributed by atoms with van der Waals surface area (Å²) in [6.07, 6.45) is 1.85. The molecule has 6 heteroatoms. The summed E-state index contributed by atoms with van der Waals surface area (Å²) >= 11 is 0. The van der Waals surface area contributed by atoms with Crippen molar-refractivity contribution in [1.82, 2.24) is 14.8 Å². The third-order valence-corrected chi connectivity index (χ3v) is 5.09. The highest BCUT2D eigenvalue weighted by Crippen LogP contribution is 2.20. The number of aromatic nitrogens is 1. The predicted molar refractivity (Wildman–Crippen MR) is 107 cm³/mol. The van der Waals surface area contributed by atoms with E-state index >= 15 is 0 Å². The molecular formula is C22H23N3O3. The Hall–Kier alpha value is -3.12. The zero-order valence-corrected chi connectivity index (χ0v) is 15.9. The summed E-state index contributed by atoms with van der Waals surface area (Å²) in [5, 5.41) is 3.91. The van der Waals surface area contributed by atoms with Gasteiger partial charge in [-0.05, 0) is 23.8 Å². The molecule has 0 unspecified atom stereocenters. The molecule has 1 N–H and O–H groups in total. The number of carbonyl (C=O) groups excluding carboxylic acids is 2. The van der Waals surface area contributed by atoms with Gasteiger partial charge in [0.15, 0.2) is 0 Å². The number of para-hydroxylation sites is 1. The number of fused-ring (bicyclic) bond motifs is 1. The summed E-state index contributed by atoms with van der Waals surface area (Å²) in [4.78, 5) is 26.9. The van der Waals surface area contributed by atoms with Crippen LogP contribution in [0.25, 0.3) is 10.9 Å². The zero-order chi connectivity index (χ0) is 19.5. The first kappa shape index (κ1) is 18.3. The first-order chi connectivity index (χ1) is 13.6. The first-order valence-electron chi connectivity index (χ1n) is 9.42. The standard InChI is InChI=1S/C22H23N3O3/c1-24-15-19(18-4-2-3-5-20(18)24)21(26)23-14-16-6-8-17(9-7-16)22(27)25-10-12-28-13-11-25/h2-9,15H,10-14H2,1H3,(H,23,26). The van der Waals surface area contributed by atoms with Gasteiger partial charge in [-0.1, -0.05) is 30.3 Å². The van der Waals surface area contributed by atoms with Crippen molar-refractivity contribution < 1.29 is 14.3 Å². The van der Waals surface area contributed by atoms with E-state index in [1.54, 1.807) is 4.90 Å². The Labute approximate surface area is 163 Å². The number of hydrogen-bond acceptors (Lipinski definition) is 3. The molecule has 0 saturated carbocycles. The number of benzene rings is 2. The number of aryl methyl sites for hydroxylation is 1. The summed E-state index contributed by atoms with van der Waals surface area (Å²) < 4.78 is 7.24. The fourth-order valence-corrected chi connectivity index (χ4v) is 3.51. The lowest BCUT2D eigenvalue weighted by Crippen LogP contribution is -2.40. The average molecular weight is 377 g/mol. The molecule has 2 amide bonds. The normalized spacial score (nSPS) is 14.2. The molecule has 1 saturated heterocycles. The van der Waals surface area contributed by atoms with E-state index in [4.69, 9.17) is 4.74 Å². The minimum absolute atomic E-state index is 0.0228. The Morgan fingerprint density at radius 2 is 1.75 bits per heavy atom. The van der Waals surface area contributed by atoms with Gasteiger partial charge in [0.1, 0.15) is 0 Å². The summed E-state index contributed by atoms with van der Waals surface area (Å²) in [5.41, 5.74) is 3.30. The van der Waals surface area contributed by atoms with Crippen LogP contribution in [0.1, 0.15) is 26.3 Å². The molecule has 0 spiro atoms. The quantitative estimate of drug-likeness (QED) is 0.760. The molecule has 0 radical (unpaired) electrons. The van der Waals surface area contributed by atoms with Crippen molar-refractivity contribution >= 4 is 22.7 Å². The van der Waals surface area contributed by atoms with E-state index in [0.717, 1.165) is 16.5 Å². The number of nitrogens with zero attached hydrogens (tertiary/aromatic N) is 2. The van der Waals surface area contributed by atoms with E-state index in [2.05, 4.69) is 5.32 Å². The molecule has 28 heavy (non-hydrogen) atoms. The lowest BCUT2D eigenvalue weighted by atomic mass is 10.1. The van der Waals surface area contributed by atoms with Crippen LogP contribution in [0, 0.1) is 0 Å². The minimum atomic E-state index is -0.106. The number of hydrogen-bond donors (Lipinski definition) is 1. The van der Waals surface area contributed by atoms with Gasteiger partial charge in [0.05, 0.1) is 18.8 Å². The summed E-state index contributed by atoms with van der Waals surface area (Å²) in [6.45, 7) is 2.84. The number of nitrogens with one attached hydrogen (secondary N) is 1. The first-order valence-corrected chi connectivity index (χ1v) is 9.42. The number of carbonyl (C=O) groups is 2. The van der Waals surface area contributed by atoms with Gasteiger partial charge in [0, 0.05) is 49.3 Å². The third kappa shape index (κ3) is 3.64. The maximum Gasteiger partial charge on any atom is 0.254 e. The summed E-state index contributed by atoms with van der Waals surface area (Å²) in [7, 11) is 1.93. The zero-order valence-electron chi connectivity index (χ0n) is 15.9. The third-order valence-electron chi connectivity index (χ3n) is 5.09. The van der Waals surface area contributed by atoms with Crippen molar-refractivity contribution in [2.75, 3.05) is 26.3 Å². The molecule has 1 aromatic heterocycles. The van der Waals surface area contributed by atoms with Gasteiger partial charge >= 0.3 is 0 Å². The van der Waals surface area contributed by atoms with Crippen LogP contribution in [0.2, 0.25) is 0 Å². The number of ether oxygens (including phenoxy) is 1. The smallest absolute Gasteiger partial charge is 0.254 e. The molecule has 2 aromatic carbocycles. The molecule has 1 aliphatic heterocycles. The van der Waals surface area contributed by atoms with Gasteiger partial charge < -0.3 is 19.5 Å². The molecule has 3 aromatic rings. The minimum Gasteiger partial charge on any atom is -0.378 e. The van der Waals surface area contributed by atoms with Crippen LogP contribution in [-0.2, 0) is 18.3 Å². The van der Waals surface area contributed by atoms with E-state index in [0.29, 0.717) is 44.0 Å². The molecule has 2 heterocycles. The van der Waals surface area contributed by atoms with Gasteiger partial charge in [0.25, 0.3) is 11.8 Å². The number of morpholine rings is 1. The van der Waals surface area contributed by atoms with E-state index < -0.39 is 0 Å². The lowest BCUT2D eigenvalue weighted by molar-refractivity contribution is 0.0303. The fraction of sp³-hybridized carbons (Fsp3) is 0.273. The van der Waals surface area contributed by atoms with Crippen molar-refractivity contribution in [2.45, 2.75) is 6.54 Å². The Bertz CT molecular complexity index is 1000. The molecule has 4 rings (SSSR count). The molecule has 1 fully saturated rings. The molecule has 144 valence electrons. The van der Waals surface area contributed by atoms with Gasteiger partial charge in [-0.25, -0.2) is 0 Å². The van der Waals surface area contributed by atoms with Gasteiger partial charge in [-0.15, -0.1) is 0 Å². The Morgan fingerprint density at radius 1 is 1.04 bits per heavy atom. The van der Waals surface area contributed by atoms with Crippen LogP contribution in [-0.4, -0.2) is 47.6 Å². The molecule has 0 atom stereocenters. The molecule has 0 bridgehead atoms. The SMILES string of the molecule is Cn1cc(C(=O)NCc2ccc(C(=O)N3CCOCC3)cc2)c2ccccc21. The molecular weight excluding hydrogens is 354 g/mol. The van der Waals surface area contributed by atoms with Crippen molar-refractivity contribution in [2.24, 2.45) is 7.05 Å². The number of rotatable bonds is 4. The van der Waals surface area contributed by atoms with Crippen LogP contribution >= 0.6 is 0 Å². The highest BCUT2D eigenvalue weighted by atomic mass is 16.5. The van der Waals surface area contributed by atoms with Crippen molar-refractivity contribution in [3.63, 3.8) is 0 Å². The Kier molecular flexibility index (Phi) is 5.12. The van der Waals surface area contributed by atoms with Crippen LogP contribution in [0.4, 0.5) is 0 Å². The van der Waals surface area contributed by atoms with Crippen molar-refractivity contribution in [1.29, 1.82) is 0 Å². The molecule has 0 aliphatic carbocycles. The van der Waals surface area contributed by atoms with E-state index in [-0.39, 0.29) is 11.8 Å². The van der Waals surface area contributed by atoms with Crippen LogP contribution < -0.4 is 5.32 Å².